The molecule has 0 spiro atoms. The molecule has 0 aliphatic carbocycles. The zero-order chi connectivity index (χ0) is 8.15. The van der Waals surface area contributed by atoms with Gasteiger partial charge in [-0.2, -0.15) is 0 Å². The number of alkyl halides is 1. The van der Waals surface area contributed by atoms with Gasteiger partial charge in [-0.25, -0.2) is 0 Å². The first-order chi connectivity index (χ1) is 4.63. The highest BCUT2D eigenvalue weighted by Gasteiger charge is 2.23. The van der Waals surface area contributed by atoms with Gasteiger partial charge in [-0.05, 0) is 0 Å². The fraction of sp³-hybridized carbons (Fsp3) is 0.800. The summed E-state index contributed by atoms with van der Waals surface area (Å²) in [5, 5.41) is 24.6. The highest BCUT2D eigenvalue weighted by Crippen LogP contribution is 2.03. The minimum absolute atomic E-state index is 0.297. The minimum Gasteiger partial charge on any atom is -0.394 e. The molecule has 0 heterocycles. The van der Waals surface area contributed by atoms with E-state index in [0.29, 0.717) is 6.29 Å². The Kier molecular flexibility index (Phi) is 4.55. The van der Waals surface area contributed by atoms with E-state index in [1.54, 1.807) is 0 Å². The molecule has 4 nitrogen and oxygen atoms in total. The lowest BCUT2D eigenvalue weighted by Gasteiger charge is -2.15. The van der Waals surface area contributed by atoms with Gasteiger partial charge in [0.1, 0.15) is 23.9 Å². The van der Waals surface area contributed by atoms with Crippen LogP contribution in [0.25, 0.3) is 0 Å². The second kappa shape index (κ2) is 4.62. The van der Waals surface area contributed by atoms with Gasteiger partial charge >= 0.3 is 0 Å². The Balaban J connectivity index is 3.80. The first-order valence-corrected chi connectivity index (χ1v) is 3.13. The maximum absolute atomic E-state index is 9.88. The van der Waals surface area contributed by atoms with Crippen molar-refractivity contribution < 1.29 is 20.1 Å². The van der Waals surface area contributed by atoms with Crippen LogP contribution in [0.15, 0.2) is 0 Å². The predicted octanol–water partition coefficient (Wildman–Crippen LogP) is -1.49. The normalized spacial score (nSPS) is 19.6. The first kappa shape index (κ1) is 9.84. The summed E-state index contributed by atoms with van der Waals surface area (Å²) in [6, 6.07) is 0. The molecule has 3 N–H and O–H groups in total. The van der Waals surface area contributed by atoms with Crippen LogP contribution in [0.1, 0.15) is 0 Å². The summed E-state index contributed by atoms with van der Waals surface area (Å²) in [5.41, 5.74) is 0. The Bertz CT molecular complexity index is 108. The average Bonchev–Trinajstić information content (AvgIpc) is 2.00. The summed E-state index contributed by atoms with van der Waals surface area (Å²) in [4.78, 5) is 9.88. The van der Waals surface area contributed by atoms with Crippen LogP contribution in [0.5, 0.6) is 0 Å². The zero-order valence-electron chi connectivity index (χ0n) is 5.14. The maximum Gasteiger partial charge on any atom is 0.140 e. The molecule has 0 aliphatic rings. The number of aliphatic hydroxyl groups excluding tert-OH is 3. The van der Waals surface area contributed by atoms with Crippen molar-refractivity contribution in [2.24, 2.45) is 0 Å². The molecule has 0 saturated heterocycles. The minimum atomic E-state index is -1.40. The molecule has 60 valence electrons. The second-order valence-electron chi connectivity index (χ2n) is 1.82. The SMILES string of the molecule is O=C[C@@H](Cl)[C@H](O)[C@H](O)CO. The summed E-state index contributed by atoms with van der Waals surface area (Å²) < 4.78 is 0. The largest absolute Gasteiger partial charge is 0.394 e. The van der Waals surface area contributed by atoms with Crippen molar-refractivity contribution in [2.75, 3.05) is 6.61 Å². The molecule has 0 amide bonds. The monoisotopic (exact) mass is 168 g/mol. The van der Waals surface area contributed by atoms with Crippen LogP contribution in [0.4, 0.5) is 0 Å². The summed E-state index contributed by atoms with van der Waals surface area (Å²) >= 11 is 5.20. The van der Waals surface area contributed by atoms with Gasteiger partial charge in [0.05, 0.1) is 6.61 Å². The van der Waals surface area contributed by atoms with E-state index in [9.17, 15) is 4.79 Å². The summed E-state index contributed by atoms with van der Waals surface area (Å²) in [6.45, 7) is -0.613. The maximum atomic E-state index is 9.88. The Morgan fingerprint density at radius 3 is 2.30 bits per heavy atom. The topological polar surface area (TPSA) is 77.8 Å². The van der Waals surface area contributed by atoms with Gasteiger partial charge in [0.25, 0.3) is 0 Å². The van der Waals surface area contributed by atoms with Gasteiger partial charge in [0.15, 0.2) is 0 Å². The van der Waals surface area contributed by atoms with Crippen molar-refractivity contribution >= 4 is 17.9 Å². The fourth-order valence-corrected chi connectivity index (χ4v) is 0.569. The Morgan fingerprint density at radius 1 is 1.50 bits per heavy atom. The Morgan fingerprint density at radius 2 is 2.00 bits per heavy atom. The lowest BCUT2D eigenvalue weighted by Crippen LogP contribution is -2.37. The van der Waals surface area contributed by atoms with Gasteiger partial charge in [0, 0.05) is 0 Å². The Hall–Kier alpha value is -0.160. The van der Waals surface area contributed by atoms with E-state index in [4.69, 9.17) is 26.9 Å². The second-order valence-corrected chi connectivity index (χ2v) is 2.32. The van der Waals surface area contributed by atoms with Crippen LogP contribution in [0.2, 0.25) is 0 Å². The number of hydrogen-bond donors (Lipinski definition) is 3. The molecule has 0 aromatic rings. The van der Waals surface area contributed by atoms with Crippen LogP contribution in [-0.4, -0.2) is 45.8 Å². The smallest absolute Gasteiger partial charge is 0.140 e. The molecule has 0 aromatic heterocycles. The van der Waals surface area contributed by atoms with Crippen LogP contribution in [-0.2, 0) is 4.79 Å². The van der Waals surface area contributed by atoms with Crippen molar-refractivity contribution in [3.63, 3.8) is 0 Å². The van der Waals surface area contributed by atoms with E-state index in [0.717, 1.165) is 0 Å². The number of carbonyl (C=O) groups is 1. The molecule has 0 unspecified atom stereocenters. The van der Waals surface area contributed by atoms with Gasteiger partial charge in [0.2, 0.25) is 0 Å². The highest BCUT2D eigenvalue weighted by atomic mass is 35.5. The summed E-state index contributed by atoms with van der Waals surface area (Å²) in [6.07, 6.45) is -2.46. The summed E-state index contributed by atoms with van der Waals surface area (Å²) in [5.74, 6) is 0. The van der Waals surface area contributed by atoms with E-state index in [-0.39, 0.29) is 0 Å². The van der Waals surface area contributed by atoms with E-state index < -0.39 is 24.2 Å². The van der Waals surface area contributed by atoms with E-state index in [1.807, 2.05) is 0 Å². The van der Waals surface area contributed by atoms with Crippen LogP contribution in [0.3, 0.4) is 0 Å². The molecule has 0 aliphatic heterocycles. The van der Waals surface area contributed by atoms with E-state index in [2.05, 4.69) is 0 Å². The number of hydrogen-bond acceptors (Lipinski definition) is 4. The van der Waals surface area contributed by atoms with Gasteiger partial charge in [-0.15, -0.1) is 11.6 Å². The third-order valence-electron chi connectivity index (χ3n) is 1.04. The molecule has 0 rings (SSSR count). The van der Waals surface area contributed by atoms with Crippen molar-refractivity contribution in [3.8, 4) is 0 Å². The van der Waals surface area contributed by atoms with Crippen molar-refractivity contribution in [3.05, 3.63) is 0 Å². The quantitative estimate of drug-likeness (QED) is 0.353. The third-order valence-corrected chi connectivity index (χ3v) is 1.40. The molecule has 0 saturated carbocycles. The number of carbonyl (C=O) groups excluding carboxylic acids is 1. The fourth-order valence-electron chi connectivity index (χ4n) is 0.401. The van der Waals surface area contributed by atoms with Gasteiger partial charge < -0.3 is 20.1 Å². The number of rotatable bonds is 4. The molecule has 5 heteroatoms. The van der Waals surface area contributed by atoms with Crippen molar-refractivity contribution in [1.29, 1.82) is 0 Å². The van der Waals surface area contributed by atoms with Crippen LogP contribution in [0, 0.1) is 0 Å². The third kappa shape index (κ3) is 2.62. The molecule has 0 aromatic carbocycles. The average molecular weight is 169 g/mol. The molecule has 0 radical (unpaired) electrons. The molecular weight excluding hydrogens is 160 g/mol. The number of aldehydes is 1. The lowest BCUT2D eigenvalue weighted by atomic mass is 10.1. The lowest BCUT2D eigenvalue weighted by molar-refractivity contribution is -0.111. The Labute approximate surface area is 63.0 Å². The van der Waals surface area contributed by atoms with Gasteiger partial charge in [-0.1, -0.05) is 0 Å². The van der Waals surface area contributed by atoms with Crippen molar-refractivity contribution in [2.45, 2.75) is 17.6 Å². The first-order valence-electron chi connectivity index (χ1n) is 2.69. The molecule has 0 bridgehead atoms. The number of halogens is 1. The predicted molar refractivity (Wildman–Crippen MR) is 34.8 cm³/mol. The van der Waals surface area contributed by atoms with E-state index >= 15 is 0 Å². The van der Waals surface area contributed by atoms with Crippen molar-refractivity contribution in [1.82, 2.24) is 0 Å². The molecule has 10 heavy (non-hydrogen) atoms. The molecule has 3 atom stereocenters. The molecule has 0 fully saturated rings. The van der Waals surface area contributed by atoms with Crippen LogP contribution >= 0.6 is 11.6 Å². The highest BCUT2D eigenvalue weighted by molar-refractivity contribution is 6.28. The van der Waals surface area contributed by atoms with E-state index in [1.165, 1.54) is 0 Å². The van der Waals surface area contributed by atoms with Gasteiger partial charge in [-0.3, -0.25) is 0 Å². The van der Waals surface area contributed by atoms with Crippen LogP contribution < -0.4 is 0 Å². The number of aliphatic hydroxyl groups is 3. The summed E-state index contributed by atoms with van der Waals surface area (Å²) in [7, 11) is 0. The molecular formula is C5H9ClO4. The standard InChI is InChI=1S/C5H9ClO4/c6-3(1-7)5(10)4(9)2-8/h1,3-5,8-10H,2H2/t3-,4-,5+/m1/s1. The zero-order valence-corrected chi connectivity index (χ0v) is 5.90.